The summed E-state index contributed by atoms with van der Waals surface area (Å²) in [6, 6.07) is 7.80. The third-order valence-corrected chi connectivity index (χ3v) is 3.23. The lowest BCUT2D eigenvalue weighted by Crippen LogP contribution is -1.98. The molecule has 0 saturated heterocycles. The van der Waals surface area contributed by atoms with E-state index in [-0.39, 0.29) is 0 Å². The molecule has 2 aromatic rings. The van der Waals surface area contributed by atoms with Crippen LogP contribution in [0.15, 0.2) is 34.9 Å². The van der Waals surface area contributed by atoms with Gasteiger partial charge in [-0.25, -0.2) is 9.97 Å². The first kappa shape index (κ1) is 10.8. The zero-order valence-corrected chi connectivity index (χ0v) is 11.4. The Kier molecular flexibility index (Phi) is 3.20. The molecular formula is C10H7BrIN3. The highest BCUT2D eigenvalue weighted by Crippen LogP contribution is 2.20. The van der Waals surface area contributed by atoms with E-state index in [1.54, 1.807) is 6.20 Å². The summed E-state index contributed by atoms with van der Waals surface area (Å²) < 4.78 is 1.90. The maximum atomic E-state index is 5.72. The highest BCUT2D eigenvalue weighted by Gasteiger charge is 2.03. The fraction of sp³-hybridized carbons (Fsp3) is 0. The largest absolute Gasteiger partial charge is 0.383 e. The van der Waals surface area contributed by atoms with Crippen LogP contribution in [0.3, 0.4) is 0 Å². The molecule has 0 unspecified atom stereocenters. The van der Waals surface area contributed by atoms with E-state index in [4.69, 9.17) is 5.73 Å². The zero-order valence-electron chi connectivity index (χ0n) is 7.61. The van der Waals surface area contributed by atoms with Gasteiger partial charge in [-0.1, -0.05) is 28.1 Å². The van der Waals surface area contributed by atoms with Gasteiger partial charge in [0.15, 0.2) is 5.82 Å². The van der Waals surface area contributed by atoms with E-state index in [1.165, 1.54) is 0 Å². The lowest BCUT2D eigenvalue weighted by Gasteiger charge is -2.02. The molecule has 0 amide bonds. The van der Waals surface area contributed by atoms with Gasteiger partial charge < -0.3 is 5.73 Å². The van der Waals surface area contributed by atoms with Gasteiger partial charge in [0.1, 0.15) is 5.82 Å². The minimum atomic E-state index is 0.517. The fourth-order valence-electron chi connectivity index (χ4n) is 1.12. The van der Waals surface area contributed by atoms with Crippen molar-refractivity contribution < 1.29 is 0 Å². The van der Waals surface area contributed by atoms with E-state index in [2.05, 4.69) is 48.5 Å². The van der Waals surface area contributed by atoms with Crippen LogP contribution >= 0.6 is 38.5 Å². The molecule has 0 aliphatic heterocycles. The third-order valence-electron chi connectivity index (χ3n) is 1.87. The van der Waals surface area contributed by atoms with E-state index < -0.39 is 0 Å². The topological polar surface area (TPSA) is 51.8 Å². The minimum Gasteiger partial charge on any atom is -0.383 e. The Morgan fingerprint density at radius 3 is 2.47 bits per heavy atom. The Bertz CT molecular complexity index is 485. The van der Waals surface area contributed by atoms with Gasteiger partial charge in [-0.05, 0) is 34.7 Å². The molecule has 5 heteroatoms. The second kappa shape index (κ2) is 4.44. The average molecular weight is 376 g/mol. The Morgan fingerprint density at radius 2 is 1.87 bits per heavy atom. The standard InChI is InChI=1S/C10H7BrIN3/c11-7-3-1-6(2-4-7)10-14-5-8(12)9(13)15-10/h1-5H,(H2,13,14,15). The minimum absolute atomic E-state index is 0.517. The number of rotatable bonds is 1. The first-order valence-electron chi connectivity index (χ1n) is 4.21. The van der Waals surface area contributed by atoms with Crippen LogP contribution in [-0.2, 0) is 0 Å². The number of anilines is 1. The van der Waals surface area contributed by atoms with Crippen LogP contribution < -0.4 is 5.73 Å². The van der Waals surface area contributed by atoms with Gasteiger partial charge in [-0.2, -0.15) is 0 Å². The van der Waals surface area contributed by atoms with Gasteiger partial charge in [-0.15, -0.1) is 0 Å². The molecule has 0 saturated carbocycles. The first-order chi connectivity index (χ1) is 7.16. The van der Waals surface area contributed by atoms with E-state index in [9.17, 15) is 0 Å². The first-order valence-corrected chi connectivity index (χ1v) is 6.08. The van der Waals surface area contributed by atoms with E-state index >= 15 is 0 Å². The molecule has 0 radical (unpaired) electrons. The summed E-state index contributed by atoms with van der Waals surface area (Å²) in [4.78, 5) is 8.44. The van der Waals surface area contributed by atoms with Crippen molar-refractivity contribution in [1.82, 2.24) is 9.97 Å². The highest BCUT2D eigenvalue weighted by atomic mass is 127. The second-order valence-corrected chi connectivity index (χ2v) is 5.01. The van der Waals surface area contributed by atoms with Crippen LogP contribution in [0.25, 0.3) is 11.4 Å². The van der Waals surface area contributed by atoms with E-state index in [1.807, 2.05) is 24.3 Å². The van der Waals surface area contributed by atoms with Crippen LogP contribution in [0.2, 0.25) is 0 Å². The third kappa shape index (κ3) is 2.46. The molecule has 2 N–H and O–H groups in total. The van der Waals surface area contributed by atoms with Gasteiger partial charge in [0.25, 0.3) is 0 Å². The zero-order chi connectivity index (χ0) is 10.8. The van der Waals surface area contributed by atoms with Crippen LogP contribution in [0.1, 0.15) is 0 Å². The number of nitrogen functional groups attached to an aromatic ring is 1. The number of benzene rings is 1. The molecule has 76 valence electrons. The van der Waals surface area contributed by atoms with Crippen LogP contribution in [0.4, 0.5) is 5.82 Å². The number of hydrogen-bond acceptors (Lipinski definition) is 3. The van der Waals surface area contributed by atoms with Crippen molar-refractivity contribution in [2.24, 2.45) is 0 Å². The van der Waals surface area contributed by atoms with Gasteiger partial charge >= 0.3 is 0 Å². The predicted octanol–water partition coefficient (Wildman–Crippen LogP) is 3.09. The maximum Gasteiger partial charge on any atom is 0.161 e. The molecule has 2 rings (SSSR count). The summed E-state index contributed by atoms with van der Waals surface area (Å²) in [6.07, 6.45) is 1.72. The molecule has 0 aliphatic carbocycles. The smallest absolute Gasteiger partial charge is 0.161 e. The van der Waals surface area contributed by atoms with Crippen molar-refractivity contribution in [2.45, 2.75) is 0 Å². The fourth-order valence-corrected chi connectivity index (χ4v) is 1.64. The van der Waals surface area contributed by atoms with Crippen molar-refractivity contribution in [3.8, 4) is 11.4 Å². The van der Waals surface area contributed by atoms with Crippen LogP contribution in [-0.4, -0.2) is 9.97 Å². The normalized spacial score (nSPS) is 10.3. The molecule has 1 aromatic heterocycles. The van der Waals surface area contributed by atoms with Crippen molar-refractivity contribution in [1.29, 1.82) is 0 Å². The molecule has 0 aliphatic rings. The number of aromatic nitrogens is 2. The highest BCUT2D eigenvalue weighted by molar-refractivity contribution is 14.1. The number of nitrogens with zero attached hydrogens (tertiary/aromatic N) is 2. The summed E-state index contributed by atoms with van der Waals surface area (Å²) in [5.41, 5.74) is 6.68. The molecule has 1 heterocycles. The average Bonchev–Trinajstić information content (AvgIpc) is 2.23. The van der Waals surface area contributed by atoms with Gasteiger partial charge in [0, 0.05) is 16.2 Å². The summed E-state index contributed by atoms with van der Waals surface area (Å²) in [6.45, 7) is 0. The van der Waals surface area contributed by atoms with Crippen molar-refractivity contribution in [2.75, 3.05) is 5.73 Å². The van der Waals surface area contributed by atoms with Gasteiger partial charge in [0.05, 0.1) is 3.57 Å². The Labute approximate surface area is 109 Å². The van der Waals surface area contributed by atoms with Gasteiger partial charge in [-0.3, -0.25) is 0 Å². The van der Waals surface area contributed by atoms with Crippen molar-refractivity contribution >= 4 is 44.3 Å². The predicted molar refractivity (Wildman–Crippen MR) is 72.3 cm³/mol. The quantitative estimate of drug-likeness (QED) is 0.779. The second-order valence-electron chi connectivity index (χ2n) is 2.93. The molecule has 0 spiro atoms. The molecule has 3 nitrogen and oxygen atoms in total. The number of halogens is 2. The van der Waals surface area contributed by atoms with Crippen molar-refractivity contribution in [3.63, 3.8) is 0 Å². The van der Waals surface area contributed by atoms with E-state index in [0.717, 1.165) is 13.6 Å². The molecule has 15 heavy (non-hydrogen) atoms. The molecule has 0 atom stereocenters. The van der Waals surface area contributed by atoms with Crippen LogP contribution in [0, 0.1) is 3.57 Å². The summed E-state index contributed by atoms with van der Waals surface area (Å²) in [5.74, 6) is 1.17. The van der Waals surface area contributed by atoms with Crippen molar-refractivity contribution in [3.05, 3.63) is 38.5 Å². The number of nitrogens with two attached hydrogens (primary N) is 1. The summed E-state index contributed by atoms with van der Waals surface area (Å²) in [5, 5.41) is 0. The lowest BCUT2D eigenvalue weighted by atomic mass is 10.2. The SMILES string of the molecule is Nc1nc(-c2ccc(Br)cc2)ncc1I. The Hall–Kier alpha value is -0.690. The molecule has 1 aromatic carbocycles. The molecular weight excluding hydrogens is 369 g/mol. The Balaban J connectivity index is 2.45. The monoisotopic (exact) mass is 375 g/mol. The summed E-state index contributed by atoms with van der Waals surface area (Å²) in [7, 11) is 0. The maximum absolute atomic E-state index is 5.72. The molecule has 0 bridgehead atoms. The molecule has 0 fully saturated rings. The summed E-state index contributed by atoms with van der Waals surface area (Å²) >= 11 is 5.49. The Morgan fingerprint density at radius 1 is 1.20 bits per heavy atom. The lowest BCUT2D eigenvalue weighted by molar-refractivity contribution is 1.17. The number of hydrogen-bond donors (Lipinski definition) is 1. The van der Waals surface area contributed by atoms with Gasteiger partial charge in [0.2, 0.25) is 0 Å². The van der Waals surface area contributed by atoms with E-state index in [0.29, 0.717) is 11.6 Å². The van der Waals surface area contributed by atoms with Crippen LogP contribution in [0.5, 0.6) is 0 Å².